The number of aryl methyl sites for hydroxylation is 1. The van der Waals surface area contributed by atoms with Gasteiger partial charge >= 0.3 is 0 Å². The molecule has 0 aliphatic rings. The number of rotatable bonds is 5. The van der Waals surface area contributed by atoms with E-state index in [4.69, 9.17) is 0 Å². The lowest BCUT2D eigenvalue weighted by atomic mass is 10.0. The predicted molar refractivity (Wildman–Crippen MR) is 94.0 cm³/mol. The monoisotopic (exact) mass is 341 g/mol. The second-order valence-corrected chi connectivity index (χ2v) is 6.09. The van der Waals surface area contributed by atoms with E-state index in [0.29, 0.717) is 19.4 Å². The molecule has 1 aromatic carbocycles. The van der Waals surface area contributed by atoms with Crippen LogP contribution in [0.3, 0.4) is 0 Å². The van der Waals surface area contributed by atoms with Crippen molar-refractivity contribution in [3.63, 3.8) is 0 Å². The zero-order valence-electron chi connectivity index (χ0n) is 14.2. The number of nitrogens with one attached hydrogen (secondary N) is 1. The van der Waals surface area contributed by atoms with Crippen molar-refractivity contribution in [2.24, 2.45) is 7.05 Å². The Morgan fingerprint density at radius 3 is 2.72 bits per heavy atom. The van der Waals surface area contributed by atoms with Gasteiger partial charge < -0.3 is 15.0 Å². The summed E-state index contributed by atoms with van der Waals surface area (Å²) in [5, 5.41) is 13.5. The van der Waals surface area contributed by atoms with Gasteiger partial charge in [-0.05, 0) is 35.7 Å². The first-order valence-corrected chi connectivity index (χ1v) is 8.09. The Labute approximate surface area is 145 Å². The molecular formula is C19H20FN3O2. The smallest absolute Gasteiger partial charge is 0.216 e. The van der Waals surface area contributed by atoms with Crippen LogP contribution in [-0.2, 0) is 24.7 Å². The SMILES string of the molecule is CC(=O)NCCc1c(Cc2ccc(F)cc2)n(C)c2ncc(O)cc12. The van der Waals surface area contributed by atoms with E-state index >= 15 is 0 Å². The maximum atomic E-state index is 13.2. The van der Waals surface area contributed by atoms with Gasteiger partial charge in [0.05, 0.1) is 6.20 Å². The van der Waals surface area contributed by atoms with Crippen molar-refractivity contribution in [3.8, 4) is 5.75 Å². The molecule has 3 rings (SSSR count). The first kappa shape index (κ1) is 17.0. The quantitative estimate of drug-likeness (QED) is 0.750. The Balaban J connectivity index is 2.03. The molecule has 1 amide bonds. The highest BCUT2D eigenvalue weighted by Crippen LogP contribution is 2.28. The largest absolute Gasteiger partial charge is 0.506 e. The highest BCUT2D eigenvalue weighted by Gasteiger charge is 2.17. The van der Waals surface area contributed by atoms with Gasteiger partial charge in [0.15, 0.2) is 0 Å². The van der Waals surface area contributed by atoms with Crippen LogP contribution in [0, 0.1) is 5.82 Å². The number of hydrogen-bond acceptors (Lipinski definition) is 3. The summed E-state index contributed by atoms with van der Waals surface area (Å²) in [4.78, 5) is 15.5. The molecule has 0 bridgehead atoms. The molecule has 0 saturated heterocycles. The standard InChI is InChI=1S/C19H20FN3O2/c1-12(24)21-8-7-16-17-10-15(25)11-22-19(17)23(2)18(16)9-13-3-5-14(20)6-4-13/h3-6,10-11,25H,7-9H2,1-2H3,(H,21,24). The minimum atomic E-state index is -0.265. The van der Waals surface area contributed by atoms with Crippen LogP contribution in [0.1, 0.15) is 23.7 Å². The molecule has 130 valence electrons. The highest BCUT2D eigenvalue weighted by atomic mass is 19.1. The molecular weight excluding hydrogens is 321 g/mol. The molecule has 6 heteroatoms. The minimum absolute atomic E-state index is 0.0821. The number of fused-ring (bicyclic) bond motifs is 1. The van der Waals surface area contributed by atoms with Crippen molar-refractivity contribution in [2.45, 2.75) is 19.8 Å². The Morgan fingerprint density at radius 1 is 1.32 bits per heavy atom. The number of amides is 1. The molecule has 3 aromatic rings. The maximum absolute atomic E-state index is 13.2. The summed E-state index contributed by atoms with van der Waals surface area (Å²) in [5.41, 5.74) is 3.81. The molecule has 0 aliphatic carbocycles. The average molecular weight is 341 g/mol. The van der Waals surface area contributed by atoms with Gasteiger partial charge in [-0.2, -0.15) is 0 Å². The van der Waals surface area contributed by atoms with Gasteiger partial charge in [-0.3, -0.25) is 4.79 Å². The zero-order valence-corrected chi connectivity index (χ0v) is 14.2. The van der Waals surface area contributed by atoms with Gasteiger partial charge in [-0.15, -0.1) is 0 Å². The van der Waals surface area contributed by atoms with Crippen LogP contribution >= 0.6 is 0 Å². The lowest BCUT2D eigenvalue weighted by Crippen LogP contribution is -2.22. The highest BCUT2D eigenvalue weighted by molar-refractivity contribution is 5.83. The Morgan fingerprint density at radius 2 is 2.04 bits per heavy atom. The van der Waals surface area contributed by atoms with Gasteiger partial charge in [0, 0.05) is 38.0 Å². The fraction of sp³-hybridized carbons (Fsp3) is 0.263. The van der Waals surface area contributed by atoms with Crippen LogP contribution in [0.2, 0.25) is 0 Å². The van der Waals surface area contributed by atoms with Gasteiger partial charge in [-0.1, -0.05) is 12.1 Å². The van der Waals surface area contributed by atoms with E-state index in [-0.39, 0.29) is 17.5 Å². The van der Waals surface area contributed by atoms with Gasteiger partial charge in [-0.25, -0.2) is 9.37 Å². The second kappa shape index (κ2) is 6.93. The summed E-state index contributed by atoms with van der Waals surface area (Å²) in [7, 11) is 1.92. The van der Waals surface area contributed by atoms with Gasteiger partial charge in [0.2, 0.25) is 5.91 Å². The number of nitrogens with zero attached hydrogens (tertiary/aromatic N) is 2. The minimum Gasteiger partial charge on any atom is -0.506 e. The molecule has 0 spiro atoms. The van der Waals surface area contributed by atoms with E-state index in [0.717, 1.165) is 27.9 Å². The van der Waals surface area contributed by atoms with Crippen molar-refractivity contribution in [1.82, 2.24) is 14.9 Å². The second-order valence-electron chi connectivity index (χ2n) is 6.09. The summed E-state index contributed by atoms with van der Waals surface area (Å²) in [6.07, 6.45) is 2.66. The molecule has 0 saturated carbocycles. The molecule has 0 fully saturated rings. The van der Waals surface area contributed by atoms with Crippen LogP contribution in [0.4, 0.5) is 4.39 Å². The molecule has 25 heavy (non-hydrogen) atoms. The van der Waals surface area contributed by atoms with Crippen molar-refractivity contribution in [1.29, 1.82) is 0 Å². The first-order valence-electron chi connectivity index (χ1n) is 8.09. The van der Waals surface area contributed by atoms with Crippen molar-refractivity contribution < 1.29 is 14.3 Å². The molecule has 0 radical (unpaired) electrons. The van der Waals surface area contributed by atoms with Crippen molar-refractivity contribution >= 4 is 16.9 Å². The predicted octanol–water partition coefficient (Wildman–Crippen LogP) is 2.69. The number of pyridine rings is 1. The van der Waals surface area contributed by atoms with Crippen molar-refractivity contribution in [2.75, 3.05) is 6.54 Å². The van der Waals surface area contributed by atoms with Crippen LogP contribution in [0.5, 0.6) is 5.75 Å². The molecule has 2 heterocycles. The van der Waals surface area contributed by atoms with Crippen LogP contribution in [-0.4, -0.2) is 27.1 Å². The molecule has 2 aromatic heterocycles. The summed E-state index contributed by atoms with van der Waals surface area (Å²) in [6.45, 7) is 1.98. The number of aromatic nitrogens is 2. The third-order valence-corrected chi connectivity index (χ3v) is 4.28. The van der Waals surface area contributed by atoms with E-state index in [1.54, 1.807) is 18.2 Å². The Kier molecular flexibility index (Phi) is 4.70. The lowest BCUT2D eigenvalue weighted by molar-refractivity contribution is -0.118. The number of hydrogen-bond donors (Lipinski definition) is 2. The summed E-state index contributed by atoms with van der Waals surface area (Å²) in [5.74, 6) is -0.244. The average Bonchev–Trinajstić information content (AvgIpc) is 2.81. The number of halogens is 1. The number of carbonyl (C=O) groups excluding carboxylic acids is 1. The first-order chi connectivity index (χ1) is 12.0. The zero-order chi connectivity index (χ0) is 18.0. The summed E-state index contributed by atoms with van der Waals surface area (Å²) in [6, 6.07) is 8.10. The number of aromatic hydroxyl groups is 1. The van der Waals surface area contributed by atoms with Crippen LogP contribution < -0.4 is 5.32 Å². The van der Waals surface area contributed by atoms with Gasteiger partial charge in [0.25, 0.3) is 0 Å². The maximum Gasteiger partial charge on any atom is 0.216 e. The Bertz CT molecular complexity index is 917. The fourth-order valence-electron chi connectivity index (χ4n) is 3.08. The van der Waals surface area contributed by atoms with Crippen LogP contribution in [0.15, 0.2) is 36.5 Å². The van der Waals surface area contributed by atoms with E-state index in [9.17, 15) is 14.3 Å². The fourth-order valence-corrected chi connectivity index (χ4v) is 3.08. The van der Waals surface area contributed by atoms with Crippen molar-refractivity contribution in [3.05, 3.63) is 59.2 Å². The number of carbonyl (C=O) groups is 1. The normalized spacial score (nSPS) is 11.0. The molecule has 5 nitrogen and oxygen atoms in total. The van der Waals surface area contributed by atoms with Gasteiger partial charge in [0.1, 0.15) is 17.2 Å². The lowest BCUT2D eigenvalue weighted by Gasteiger charge is -2.09. The third-order valence-electron chi connectivity index (χ3n) is 4.28. The van der Waals surface area contributed by atoms with E-state index < -0.39 is 0 Å². The van der Waals surface area contributed by atoms with Crippen LogP contribution in [0.25, 0.3) is 11.0 Å². The molecule has 0 atom stereocenters. The Hall–Kier alpha value is -2.89. The third kappa shape index (κ3) is 3.63. The molecule has 0 aliphatic heterocycles. The molecule has 0 unspecified atom stereocenters. The van der Waals surface area contributed by atoms with E-state index in [1.165, 1.54) is 25.3 Å². The molecule has 2 N–H and O–H groups in total. The topological polar surface area (TPSA) is 67.2 Å². The number of benzene rings is 1. The summed E-state index contributed by atoms with van der Waals surface area (Å²) >= 11 is 0. The summed E-state index contributed by atoms with van der Waals surface area (Å²) < 4.78 is 15.1. The van der Waals surface area contributed by atoms with E-state index in [1.807, 2.05) is 11.6 Å². The van der Waals surface area contributed by atoms with E-state index in [2.05, 4.69) is 10.3 Å².